The van der Waals surface area contributed by atoms with Gasteiger partial charge in [-0.1, -0.05) is 35.3 Å². The fourth-order valence-corrected chi connectivity index (χ4v) is 2.78. The summed E-state index contributed by atoms with van der Waals surface area (Å²) in [6.07, 6.45) is 0. The number of halogens is 2. The van der Waals surface area contributed by atoms with Crippen molar-refractivity contribution in [3.05, 3.63) is 93.5 Å². The van der Waals surface area contributed by atoms with E-state index in [1.54, 1.807) is 66.7 Å². The summed E-state index contributed by atoms with van der Waals surface area (Å²) in [5, 5.41) is 6.62. The number of nitrogens with one attached hydrogen (secondary N) is 2. The van der Waals surface area contributed by atoms with E-state index in [4.69, 9.17) is 23.2 Å². The first kappa shape index (κ1) is 19.0. The lowest BCUT2D eigenvalue weighted by Gasteiger charge is -2.09. The SMILES string of the molecule is Cc1ccc(C(=O)Nc2ccc(NC(=O)c3cccc(Cl)c3)cc2)cc1Cl. The van der Waals surface area contributed by atoms with E-state index in [9.17, 15) is 9.59 Å². The molecule has 4 nitrogen and oxygen atoms in total. The highest BCUT2D eigenvalue weighted by atomic mass is 35.5. The first-order valence-electron chi connectivity index (χ1n) is 8.17. The Morgan fingerprint density at radius 2 is 1.30 bits per heavy atom. The third kappa shape index (κ3) is 4.88. The number of hydrogen-bond donors (Lipinski definition) is 2. The standard InChI is InChI=1S/C21H16Cl2N2O2/c1-13-5-6-15(12-19(13)23)21(27)25-18-9-7-17(8-10-18)24-20(26)14-3-2-4-16(22)11-14/h2-12H,1H3,(H,24,26)(H,25,27). The van der Waals surface area contributed by atoms with Gasteiger partial charge in [-0.15, -0.1) is 0 Å². The van der Waals surface area contributed by atoms with Crippen molar-refractivity contribution < 1.29 is 9.59 Å². The third-order valence-corrected chi connectivity index (χ3v) is 4.56. The molecule has 3 rings (SSSR count). The molecule has 0 radical (unpaired) electrons. The Morgan fingerprint density at radius 1 is 0.741 bits per heavy atom. The number of aryl methyl sites for hydroxylation is 1. The van der Waals surface area contributed by atoms with Crippen molar-refractivity contribution in [2.75, 3.05) is 10.6 Å². The number of anilines is 2. The molecule has 0 unspecified atom stereocenters. The van der Waals surface area contributed by atoms with Gasteiger partial charge in [0.2, 0.25) is 0 Å². The smallest absolute Gasteiger partial charge is 0.255 e. The van der Waals surface area contributed by atoms with Gasteiger partial charge in [0.15, 0.2) is 0 Å². The highest BCUT2D eigenvalue weighted by Gasteiger charge is 2.09. The molecule has 0 saturated heterocycles. The van der Waals surface area contributed by atoms with E-state index >= 15 is 0 Å². The molecule has 6 heteroatoms. The molecule has 0 heterocycles. The highest BCUT2D eigenvalue weighted by Crippen LogP contribution is 2.19. The molecule has 3 aromatic carbocycles. The van der Waals surface area contributed by atoms with Gasteiger partial charge >= 0.3 is 0 Å². The Morgan fingerprint density at radius 3 is 1.81 bits per heavy atom. The van der Waals surface area contributed by atoms with Gasteiger partial charge in [0.25, 0.3) is 11.8 Å². The van der Waals surface area contributed by atoms with Crippen LogP contribution in [0.1, 0.15) is 26.3 Å². The molecule has 2 N–H and O–H groups in total. The fraction of sp³-hybridized carbons (Fsp3) is 0.0476. The molecule has 3 aromatic rings. The van der Waals surface area contributed by atoms with Crippen molar-refractivity contribution in [2.45, 2.75) is 6.92 Å². The predicted molar refractivity (Wildman–Crippen MR) is 110 cm³/mol. The number of benzene rings is 3. The van der Waals surface area contributed by atoms with Crippen molar-refractivity contribution in [3.8, 4) is 0 Å². The van der Waals surface area contributed by atoms with Gasteiger partial charge in [0.05, 0.1) is 0 Å². The van der Waals surface area contributed by atoms with Crippen LogP contribution in [-0.2, 0) is 0 Å². The van der Waals surface area contributed by atoms with Crippen LogP contribution in [0.5, 0.6) is 0 Å². The zero-order chi connectivity index (χ0) is 19.4. The number of amides is 2. The van der Waals surface area contributed by atoms with Crippen LogP contribution in [0.15, 0.2) is 66.7 Å². The van der Waals surface area contributed by atoms with E-state index in [0.717, 1.165) is 5.56 Å². The Labute approximate surface area is 167 Å². The van der Waals surface area contributed by atoms with Crippen molar-refractivity contribution in [3.63, 3.8) is 0 Å². The predicted octanol–water partition coefficient (Wildman–Crippen LogP) is 5.81. The molecule has 0 aromatic heterocycles. The maximum absolute atomic E-state index is 12.3. The first-order chi connectivity index (χ1) is 12.9. The van der Waals surface area contributed by atoms with Crippen molar-refractivity contribution in [1.82, 2.24) is 0 Å². The lowest BCUT2D eigenvalue weighted by atomic mass is 10.1. The van der Waals surface area contributed by atoms with Crippen LogP contribution < -0.4 is 10.6 Å². The molecule has 136 valence electrons. The summed E-state index contributed by atoms with van der Waals surface area (Å²) in [5.41, 5.74) is 3.07. The average molecular weight is 399 g/mol. The molecule has 0 saturated carbocycles. The molecule has 0 atom stereocenters. The van der Waals surface area contributed by atoms with Gasteiger partial charge in [-0.25, -0.2) is 0 Å². The summed E-state index contributed by atoms with van der Waals surface area (Å²) in [6.45, 7) is 1.88. The number of hydrogen-bond acceptors (Lipinski definition) is 2. The van der Waals surface area contributed by atoms with Crippen molar-refractivity contribution in [2.24, 2.45) is 0 Å². The second kappa shape index (κ2) is 8.25. The summed E-state index contributed by atoms with van der Waals surface area (Å²) >= 11 is 12.0. The summed E-state index contributed by atoms with van der Waals surface area (Å²) in [4.78, 5) is 24.5. The maximum atomic E-state index is 12.3. The van der Waals surface area contributed by atoms with Crippen LogP contribution in [0.25, 0.3) is 0 Å². The lowest BCUT2D eigenvalue weighted by Crippen LogP contribution is -2.13. The third-order valence-electron chi connectivity index (χ3n) is 3.92. The first-order valence-corrected chi connectivity index (χ1v) is 8.92. The molecular formula is C21H16Cl2N2O2. The Kier molecular flexibility index (Phi) is 5.79. The van der Waals surface area contributed by atoms with E-state index in [-0.39, 0.29) is 11.8 Å². The minimum Gasteiger partial charge on any atom is -0.322 e. The molecule has 0 bridgehead atoms. The van der Waals surface area contributed by atoms with Crippen LogP contribution in [0, 0.1) is 6.92 Å². The second-order valence-corrected chi connectivity index (χ2v) is 6.80. The monoisotopic (exact) mass is 398 g/mol. The molecule has 0 spiro atoms. The van der Waals surface area contributed by atoms with E-state index in [2.05, 4.69) is 10.6 Å². The Balaban J connectivity index is 1.65. The summed E-state index contributed by atoms with van der Waals surface area (Å²) < 4.78 is 0. The molecular weight excluding hydrogens is 383 g/mol. The minimum atomic E-state index is -0.261. The molecule has 0 aliphatic heterocycles. The van der Waals surface area contributed by atoms with Crippen LogP contribution in [-0.4, -0.2) is 11.8 Å². The van der Waals surface area contributed by atoms with Gasteiger partial charge in [-0.2, -0.15) is 0 Å². The van der Waals surface area contributed by atoms with Gasteiger partial charge in [-0.3, -0.25) is 9.59 Å². The topological polar surface area (TPSA) is 58.2 Å². The van der Waals surface area contributed by atoms with Crippen molar-refractivity contribution >= 4 is 46.4 Å². The van der Waals surface area contributed by atoms with E-state index in [0.29, 0.717) is 32.5 Å². The minimum absolute atomic E-state index is 0.257. The Hall–Kier alpha value is -2.82. The zero-order valence-corrected chi connectivity index (χ0v) is 15.9. The summed E-state index contributed by atoms with van der Waals surface area (Å²) in [7, 11) is 0. The maximum Gasteiger partial charge on any atom is 0.255 e. The van der Waals surface area contributed by atoms with Crippen LogP contribution in [0.2, 0.25) is 10.0 Å². The molecule has 2 amide bonds. The highest BCUT2D eigenvalue weighted by molar-refractivity contribution is 6.32. The molecule has 0 aliphatic rings. The molecule has 0 fully saturated rings. The number of carbonyl (C=O) groups excluding carboxylic acids is 2. The Bertz CT molecular complexity index is 1000. The number of carbonyl (C=O) groups is 2. The molecule has 0 aliphatic carbocycles. The van der Waals surface area contributed by atoms with Gasteiger partial charge in [0, 0.05) is 32.5 Å². The lowest BCUT2D eigenvalue weighted by molar-refractivity contribution is 0.101. The zero-order valence-electron chi connectivity index (χ0n) is 14.4. The fourth-order valence-electron chi connectivity index (χ4n) is 2.41. The van der Waals surface area contributed by atoms with Crippen molar-refractivity contribution in [1.29, 1.82) is 0 Å². The normalized spacial score (nSPS) is 10.3. The van der Waals surface area contributed by atoms with E-state index in [1.807, 2.05) is 6.92 Å². The van der Waals surface area contributed by atoms with Gasteiger partial charge in [0.1, 0.15) is 0 Å². The molecule has 27 heavy (non-hydrogen) atoms. The average Bonchev–Trinajstić information content (AvgIpc) is 2.65. The number of rotatable bonds is 4. The quantitative estimate of drug-likeness (QED) is 0.582. The largest absolute Gasteiger partial charge is 0.322 e. The van der Waals surface area contributed by atoms with Gasteiger partial charge in [-0.05, 0) is 67.1 Å². The van der Waals surface area contributed by atoms with Crippen LogP contribution >= 0.6 is 23.2 Å². The summed E-state index contributed by atoms with van der Waals surface area (Å²) in [6, 6.07) is 18.7. The van der Waals surface area contributed by atoms with Crippen LogP contribution in [0.3, 0.4) is 0 Å². The van der Waals surface area contributed by atoms with Gasteiger partial charge < -0.3 is 10.6 Å². The van der Waals surface area contributed by atoms with E-state index < -0.39 is 0 Å². The second-order valence-electron chi connectivity index (χ2n) is 5.96. The van der Waals surface area contributed by atoms with Crippen LogP contribution in [0.4, 0.5) is 11.4 Å². The summed E-state index contributed by atoms with van der Waals surface area (Å²) in [5.74, 6) is -0.517. The van der Waals surface area contributed by atoms with E-state index in [1.165, 1.54) is 0 Å².